The van der Waals surface area contributed by atoms with Gasteiger partial charge in [0.15, 0.2) is 0 Å². The minimum absolute atomic E-state index is 0.106. The Morgan fingerprint density at radius 3 is 2.81 bits per heavy atom. The zero-order valence-corrected chi connectivity index (χ0v) is 9.97. The Morgan fingerprint density at radius 1 is 1.56 bits per heavy atom. The molecule has 0 fully saturated rings. The van der Waals surface area contributed by atoms with Crippen LogP contribution in [0.3, 0.4) is 0 Å². The van der Waals surface area contributed by atoms with Gasteiger partial charge in [0.05, 0.1) is 24.7 Å². The van der Waals surface area contributed by atoms with E-state index < -0.39 is 0 Å². The summed E-state index contributed by atoms with van der Waals surface area (Å²) >= 11 is 5.89. The first-order chi connectivity index (χ1) is 7.60. The number of halogens is 1. The minimum atomic E-state index is -0.333. The summed E-state index contributed by atoms with van der Waals surface area (Å²) in [6.45, 7) is 3.85. The standard InChI is InChI=1S/C12H12ClNO2/c1-3-16-12(15)6-9-4-5-11(13)8(2)10(9)7-14/h4-5H,3,6H2,1-2H3. The molecule has 0 amide bonds. The van der Waals surface area contributed by atoms with E-state index in [1.807, 2.05) is 0 Å². The molecule has 3 nitrogen and oxygen atoms in total. The van der Waals surface area contributed by atoms with Gasteiger partial charge in [-0.2, -0.15) is 5.26 Å². The third kappa shape index (κ3) is 2.74. The van der Waals surface area contributed by atoms with Gasteiger partial charge in [-0.1, -0.05) is 17.7 Å². The molecule has 0 aliphatic carbocycles. The summed E-state index contributed by atoms with van der Waals surface area (Å²) in [5.41, 5.74) is 1.81. The molecule has 0 saturated carbocycles. The average molecular weight is 238 g/mol. The lowest BCUT2D eigenvalue weighted by Crippen LogP contribution is -2.09. The molecule has 1 rings (SSSR count). The predicted molar refractivity (Wildman–Crippen MR) is 61.2 cm³/mol. The molecule has 0 N–H and O–H groups in total. The van der Waals surface area contributed by atoms with Crippen LogP contribution < -0.4 is 0 Å². The molecule has 0 aliphatic rings. The SMILES string of the molecule is CCOC(=O)Cc1ccc(Cl)c(C)c1C#N. The molecule has 0 saturated heterocycles. The number of nitrogens with zero attached hydrogens (tertiary/aromatic N) is 1. The molecule has 84 valence electrons. The Balaban J connectivity index is 3.02. The monoisotopic (exact) mass is 237 g/mol. The van der Waals surface area contributed by atoms with Gasteiger partial charge in [-0.3, -0.25) is 4.79 Å². The topological polar surface area (TPSA) is 50.1 Å². The average Bonchev–Trinajstić information content (AvgIpc) is 2.24. The van der Waals surface area contributed by atoms with E-state index in [2.05, 4.69) is 6.07 Å². The number of hydrogen-bond acceptors (Lipinski definition) is 3. The Morgan fingerprint density at radius 2 is 2.25 bits per heavy atom. The van der Waals surface area contributed by atoms with Crippen molar-refractivity contribution >= 4 is 17.6 Å². The van der Waals surface area contributed by atoms with Crippen molar-refractivity contribution in [3.63, 3.8) is 0 Å². The van der Waals surface area contributed by atoms with Crippen molar-refractivity contribution < 1.29 is 9.53 Å². The van der Waals surface area contributed by atoms with Crippen LogP contribution in [0.1, 0.15) is 23.6 Å². The second kappa shape index (κ2) is 5.53. The number of nitriles is 1. The maximum atomic E-state index is 11.3. The Labute approximate surface area is 99.6 Å². The van der Waals surface area contributed by atoms with E-state index in [0.29, 0.717) is 28.3 Å². The molecule has 0 aliphatic heterocycles. The summed E-state index contributed by atoms with van der Waals surface area (Å²) in [5.74, 6) is -0.333. The third-order valence-corrected chi connectivity index (χ3v) is 2.65. The third-order valence-electron chi connectivity index (χ3n) is 2.24. The van der Waals surface area contributed by atoms with E-state index in [9.17, 15) is 4.79 Å². The van der Waals surface area contributed by atoms with Crippen LogP contribution in [0.4, 0.5) is 0 Å². The number of benzene rings is 1. The van der Waals surface area contributed by atoms with Crippen LogP contribution in [0.5, 0.6) is 0 Å². The van der Waals surface area contributed by atoms with Crippen molar-refractivity contribution in [2.75, 3.05) is 6.61 Å². The van der Waals surface area contributed by atoms with Crippen molar-refractivity contribution in [1.29, 1.82) is 5.26 Å². The van der Waals surface area contributed by atoms with Crippen LogP contribution in [0.15, 0.2) is 12.1 Å². The normalized spacial score (nSPS) is 9.62. The molecule has 0 radical (unpaired) electrons. The van der Waals surface area contributed by atoms with Gasteiger partial charge in [0.25, 0.3) is 0 Å². The van der Waals surface area contributed by atoms with Crippen LogP contribution in [0.2, 0.25) is 5.02 Å². The molecule has 0 atom stereocenters. The van der Waals surface area contributed by atoms with Crippen molar-refractivity contribution in [3.05, 3.63) is 33.8 Å². The summed E-state index contributed by atoms with van der Waals surface area (Å²) in [7, 11) is 0. The molecule has 0 unspecified atom stereocenters. The number of carbonyl (C=O) groups is 1. The van der Waals surface area contributed by atoms with Crippen LogP contribution >= 0.6 is 11.6 Å². The molecule has 0 heterocycles. The zero-order valence-electron chi connectivity index (χ0n) is 9.21. The number of hydrogen-bond donors (Lipinski definition) is 0. The summed E-state index contributed by atoms with van der Waals surface area (Å²) in [6.07, 6.45) is 0.106. The number of rotatable bonds is 3. The molecule has 16 heavy (non-hydrogen) atoms. The molecule has 1 aromatic carbocycles. The van der Waals surface area contributed by atoms with Crippen molar-refractivity contribution in [2.45, 2.75) is 20.3 Å². The van der Waals surface area contributed by atoms with Crippen molar-refractivity contribution in [3.8, 4) is 6.07 Å². The second-order valence-corrected chi connectivity index (χ2v) is 3.71. The van der Waals surface area contributed by atoms with Gasteiger partial charge in [-0.25, -0.2) is 0 Å². The highest BCUT2D eigenvalue weighted by molar-refractivity contribution is 6.31. The highest BCUT2D eigenvalue weighted by Crippen LogP contribution is 2.22. The Kier molecular flexibility index (Phi) is 4.33. The maximum Gasteiger partial charge on any atom is 0.310 e. The highest BCUT2D eigenvalue weighted by atomic mass is 35.5. The molecule has 1 aromatic rings. The number of esters is 1. The quantitative estimate of drug-likeness (QED) is 0.760. The molecular formula is C12H12ClNO2. The van der Waals surface area contributed by atoms with Gasteiger partial charge in [-0.15, -0.1) is 0 Å². The molecule has 4 heteroatoms. The van der Waals surface area contributed by atoms with Gasteiger partial charge in [0, 0.05) is 5.02 Å². The number of ether oxygens (including phenoxy) is 1. The highest BCUT2D eigenvalue weighted by Gasteiger charge is 2.12. The van der Waals surface area contributed by atoms with E-state index in [4.69, 9.17) is 21.6 Å². The number of carbonyl (C=O) groups excluding carboxylic acids is 1. The minimum Gasteiger partial charge on any atom is -0.466 e. The largest absolute Gasteiger partial charge is 0.466 e. The first kappa shape index (κ1) is 12.5. The Hall–Kier alpha value is -1.53. The summed E-state index contributed by atoms with van der Waals surface area (Å²) in [5, 5.41) is 9.54. The van der Waals surface area contributed by atoms with Crippen LogP contribution in [-0.2, 0) is 16.0 Å². The van der Waals surface area contributed by atoms with Crippen LogP contribution in [-0.4, -0.2) is 12.6 Å². The van der Waals surface area contributed by atoms with E-state index >= 15 is 0 Å². The van der Waals surface area contributed by atoms with E-state index in [1.165, 1.54) is 0 Å². The van der Waals surface area contributed by atoms with E-state index in [-0.39, 0.29) is 12.4 Å². The fourth-order valence-electron chi connectivity index (χ4n) is 1.41. The summed E-state index contributed by atoms with van der Waals surface area (Å²) < 4.78 is 4.83. The maximum absolute atomic E-state index is 11.3. The van der Waals surface area contributed by atoms with Gasteiger partial charge in [-0.05, 0) is 31.0 Å². The summed E-state index contributed by atoms with van der Waals surface area (Å²) in [4.78, 5) is 11.3. The summed E-state index contributed by atoms with van der Waals surface area (Å²) in [6, 6.07) is 5.43. The lowest BCUT2D eigenvalue weighted by Gasteiger charge is -2.07. The van der Waals surface area contributed by atoms with Gasteiger partial charge in [0.1, 0.15) is 0 Å². The second-order valence-electron chi connectivity index (χ2n) is 3.30. The molecule has 0 aromatic heterocycles. The van der Waals surface area contributed by atoms with E-state index in [1.54, 1.807) is 26.0 Å². The van der Waals surface area contributed by atoms with E-state index in [0.717, 1.165) is 0 Å². The molecular weight excluding hydrogens is 226 g/mol. The smallest absolute Gasteiger partial charge is 0.310 e. The molecule has 0 bridgehead atoms. The van der Waals surface area contributed by atoms with Gasteiger partial charge >= 0.3 is 5.97 Å². The fraction of sp³-hybridized carbons (Fsp3) is 0.333. The lowest BCUT2D eigenvalue weighted by molar-refractivity contribution is -0.142. The molecule has 0 spiro atoms. The van der Waals surface area contributed by atoms with Gasteiger partial charge < -0.3 is 4.74 Å². The predicted octanol–water partition coefficient (Wildman–Crippen LogP) is 2.63. The Bertz CT molecular complexity index is 449. The van der Waals surface area contributed by atoms with Crippen LogP contribution in [0, 0.1) is 18.3 Å². The van der Waals surface area contributed by atoms with Crippen LogP contribution in [0.25, 0.3) is 0 Å². The first-order valence-electron chi connectivity index (χ1n) is 4.93. The zero-order chi connectivity index (χ0) is 12.1. The lowest BCUT2D eigenvalue weighted by atomic mass is 10.0. The van der Waals surface area contributed by atoms with Crippen molar-refractivity contribution in [1.82, 2.24) is 0 Å². The van der Waals surface area contributed by atoms with Crippen molar-refractivity contribution in [2.24, 2.45) is 0 Å². The fourth-order valence-corrected chi connectivity index (χ4v) is 1.57. The van der Waals surface area contributed by atoms with Gasteiger partial charge in [0.2, 0.25) is 0 Å². The first-order valence-corrected chi connectivity index (χ1v) is 5.31.